The largest absolute Gasteiger partial charge is 0.481 e. The summed E-state index contributed by atoms with van der Waals surface area (Å²) in [6.07, 6.45) is 1.45. The van der Waals surface area contributed by atoms with Crippen LogP contribution in [0.15, 0.2) is 0 Å². The van der Waals surface area contributed by atoms with Crippen molar-refractivity contribution in [2.75, 3.05) is 6.54 Å². The molecule has 0 aliphatic carbocycles. The summed E-state index contributed by atoms with van der Waals surface area (Å²) < 4.78 is 0. The molecule has 0 aromatic rings. The monoisotopic (exact) mass is 203 g/mol. The predicted molar refractivity (Wildman–Crippen MR) is 55.2 cm³/mol. The van der Waals surface area contributed by atoms with Crippen molar-refractivity contribution in [3.05, 3.63) is 0 Å². The highest BCUT2D eigenvalue weighted by atomic mass is 16.4. The van der Waals surface area contributed by atoms with Gasteiger partial charge >= 0.3 is 5.97 Å². The normalized spacial score (nSPS) is 17.4. The van der Waals surface area contributed by atoms with Crippen LogP contribution < -0.4 is 5.32 Å². The molecule has 3 N–H and O–H groups in total. The standard InChI is InChI=1S/C10H21NO3/c1-4-10(3,14)7-11-8(2)5-6-9(12)13/h8,11,14H,4-7H2,1-3H3,(H,12,13). The highest BCUT2D eigenvalue weighted by molar-refractivity contribution is 5.66. The van der Waals surface area contributed by atoms with Gasteiger partial charge in [-0.1, -0.05) is 6.92 Å². The molecule has 0 aromatic heterocycles. The summed E-state index contributed by atoms with van der Waals surface area (Å²) in [6.45, 7) is 6.12. The van der Waals surface area contributed by atoms with Crippen LogP contribution in [0.5, 0.6) is 0 Å². The van der Waals surface area contributed by atoms with E-state index in [4.69, 9.17) is 5.11 Å². The van der Waals surface area contributed by atoms with Gasteiger partial charge in [-0.3, -0.25) is 4.79 Å². The Hall–Kier alpha value is -0.610. The number of aliphatic carboxylic acids is 1. The Morgan fingerprint density at radius 3 is 2.57 bits per heavy atom. The van der Waals surface area contributed by atoms with Crippen LogP contribution in [0, 0.1) is 0 Å². The van der Waals surface area contributed by atoms with Gasteiger partial charge in [-0.2, -0.15) is 0 Å². The van der Waals surface area contributed by atoms with Crippen LogP contribution >= 0.6 is 0 Å². The average Bonchev–Trinajstić information content (AvgIpc) is 2.11. The quantitative estimate of drug-likeness (QED) is 0.577. The van der Waals surface area contributed by atoms with Crippen LogP contribution in [0.25, 0.3) is 0 Å². The van der Waals surface area contributed by atoms with E-state index in [1.54, 1.807) is 6.92 Å². The van der Waals surface area contributed by atoms with E-state index in [1.165, 1.54) is 0 Å². The molecule has 0 saturated carbocycles. The molecule has 4 nitrogen and oxygen atoms in total. The van der Waals surface area contributed by atoms with Crippen molar-refractivity contribution in [3.8, 4) is 0 Å². The van der Waals surface area contributed by atoms with Crippen LogP contribution in [-0.4, -0.2) is 34.4 Å². The Kier molecular flexibility index (Phi) is 5.72. The summed E-state index contributed by atoms with van der Waals surface area (Å²) in [7, 11) is 0. The van der Waals surface area contributed by atoms with E-state index in [1.807, 2.05) is 13.8 Å². The van der Waals surface area contributed by atoms with E-state index >= 15 is 0 Å². The fourth-order valence-electron chi connectivity index (χ4n) is 0.961. The van der Waals surface area contributed by atoms with Gasteiger partial charge in [0.15, 0.2) is 0 Å². The third-order valence-electron chi connectivity index (χ3n) is 2.38. The lowest BCUT2D eigenvalue weighted by Gasteiger charge is -2.24. The fourth-order valence-corrected chi connectivity index (χ4v) is 0.961. The fraction of sp³-hybridized carbons (Fsp3) is 0.900. The molecule has 2 atom stereocenters. The van der Waals surface area contributed by atoms with Crippen molar-refractivity contribution in [2.45, 2.75) is 51.7 Å². The zero-order chi connectivity index (χ0) is 11.2. The van der Waals surface area contributed by atoms with Gasteiger partial charge < -0.3 is 15.5 Å². The highest BCUT2D eigenvalue weighted by Gasteiger charge is 2.17. The topological polar surface area (TPSA) is 69.6 Å². The van der Waals surface area contributed by atoms with E-state index in [2.05, 4.69) is 5.32 Å². The highest BCUT2D eigenvalue weighted by Crippen LogP contribution is 2.07. The SMILES string of the molecule is CCC(C)(O)CNC(C)CCC(=O)O. The van der Waals surface area contributed by atoms with E-state index < -0.39 is 11.6 Å². The summed E-state index contributed by atoms with van der Waals surface area (Å²) in [6, 6.07) is 0.129. The molecule has 0 fully saturated rings. The molecule has 0 aliphatic rings. The Balaban J connectivity index is 3.63. The number of rotatable bonds is 7. The van der Waals surface area contributed by atoms with Gasteiger partial charge in [0.05, 0.1) is 5.60 Å². The third kappa shape index (κ3) is 6.86. The maximum absolute atomic E-state index is 10.3. The first-order chi connectivity index (χ1) is 6.37. The van der Waals surface area contributed by atoms with Gasteiger partial charge in [0, 0.05) is 19.0 Å². The number of hydrogen-bond acceptors (Lipinski definition) is 3. The molecular formula is C10H21NO3. The number of carbonyl (C=O) groups is 1. The molecule has 4 heteroatoms. The number of nitrogens with one attached hydrogen (secondary N) is 1. The van der Waals surface area contributed by atoms with E-state index in [0.717, 1.165) is 0 Å². The first-order valence-corrected chi connectivity index (χ1v) is 5.05. The molecule has 0 bridgehead atoms. The molecule has 0 rings (SSSR count). The Bertz CT molecular complexity index is 180. The summed E-state index contributed by atoms with van der Waals surface area (Å²) in [5.74, 6) is -0.777. The van der Waals surface area contributed by atoms with Crippen molar-refractivity contribution >= 4 is 5.97 Å². The van der Waals surface area contributed by atoms with Gasteiger partial charge in [0.25, 0.3) is 0 Å². The molecule has 0 amide bonds. The first kappa shape index (κ1) is 13.4. The Morgan fingerprint density at radius 1 is 1.57 bits per heavy atom. The summed E-state index contributed by atoms with van der Waals surface area (Å²) in [4.78, 5) is 10.3. The Morgan fingerprint density at radius 2 is 2.14 bits per heavy atom. The lowest BCUT2D eigenvalue weighted by Crippen LogP contribution is -2.41. The van der Waals surface area contributed by atoms with Gasteiger partial charge in [-0.15, -0.1) is 0 Å². The van der Waals surface area contributed by atoms with Gasteiger partial charge in [0.1, 0.15) is 0 Å². The van der Waals surface area contributed by atoms with Gasteiger partial charge in [0.2, 0.25) is 0 Å². The summed E-state index contributed by atoms with van der Waals surface area (Å²) >= 11 is 0. The number of hydrogen-bond donors (Lipinski definition) is 3. The first-order valence-electron chi connectivity index (χ1n) is 5.05. The smallest absolute Gasteiger partial charge is 0.303 e. The second kappa shape index (κ2) is 5.98. The van der Waals surface area contributed by atoms with Crippen molar-refractivity contribution in [2.24, 2.45) is 0 Å². The molecule has 0 radical (unpaired) electrons. The number of carboxylic acid groups (broad SMARTS) is 1. The van der Waals surface area contributed by atoms with E-state index in [0.29, 0.717) is 19.4 Å². The number of aliphatic hydroxyl groups is 1. The van der Waals surface area contributed by atoms with Crippen LogP contribution in [0.3, 0.4) is 0 Å². The van der Waals surface area contributed by atoms with Crippen molar-refractivity contribution in [1.82, 2.24) is 5.32 Å². The molecular weight excluding hydrogens is 182 g/mol. The van der Waals surface area contributed by atoms with Gasteiger partial charge in [-0.05, 0) is 26.7 Å². The van der Waals surface area contributed by atoms with Crippen molar-refractivity contribution in [1.29, 1.82) is 0 Å². The Labute approximate surface area is 85.3 Å². The minimum absolute atomic E-state index is 0.129. The lowest BCUT2D eigenvalue weighted by atomic mass is 10.0. The van der Waals surface area contributed by atoms with Crippen LogP contribution in [-0.2, 0) is 4.79 Å². The third-order valence-corrected chi connectivity index (χ3v) is 2.38. The molecule has 14 heavy (non-hydrogen) atoms. The molecule has 0 aromatic carbocycles. The number of carboxylic acids is 1. The van der Waals surface area contributed by atoms with Crippen molar-refractivity contribution in [3.63, 3.8) is 0 Å². The lowest BCUT2D eigenvalue weighted by molar-refractivity contribution is -0.137. The van der Waals surface area contributed by atoms with Crippen molar-refractivity contribution < 1.29 is 15.0 Å². The summed E-state index contributed by atoms with van der Waals surface area (Å²) in [5.41, 5.74) is -0.697. The maximum atomic E-state index is 10.3. The van der Waals surface area contributed by atoms with E-state index in [-0.39, 0.29) is 12.5 Å². The molecule has 0 spiro atoms. The summed E-state index contributed by atoms with van der Waals surface area (Å²) in [5, 5.41) is 21.2. The van der Waals surface area contributed by atoms with Crippen LogP contribution in [0.1, 0.15) is 40.0 Å². The molecule has 84 valence electrons. The minimum Gasteiger partial charge on any atom is -0.481 e. The molecule has 0 saturated heterocycles. The minimum atomic E-state index is -0.777. The second-order valence-electron chi connectivity index (χ2n) is 4.06. The zero-order valence-corrected chi connectivity index (χ0v) is 9.21. The maximum Gasteiger partial charge on any atom is 0.303 e. The van der Waals surface area contributed by atoms with Crippen LogP contribution in [0.2, 0.25) is 0 Å². The van der Waals surface area contributed by atoms with E-state index in [9.17, 15) is 9.90 Å². The predicted octanol–water partition coefficient (Wildman–Crippen LogP) is 0.990. The van der Waals surface area contributed by atoms with Crippen LogP contribution in [0.4, 0.5) is 0 Å². The molecule has 0 heterocycles. The molecule has 2 unspecified atom stereocenters. The molecule has 0 aliphatic heterocycles. The average molecular weight is 203 g/mol. The second-order valence-corrected chi connectivity index (χ2v) is 4.06. The van der Waals surface area contributed by atoms with Gasteiger partial charge in [-0.25, -0.2) is 0 Å². The zero-order valence-electron chi connectivity index (χ0n) is 9.21.